The molecule has 2 aliphatic rings. The number of piperidine rings is 1. The van der Waals surface area contributed by atoms with E-state index in [2.05, 4.69) is 29.8 Å². The molecule has 1 saturated carbocycles. The number of alkyl halides is 3. The smallest absolute Gasteiger partial charge is 0.291 e. The standard InChI is InChI=1S/C26H28F3N9O2S2/c1-3-36(4-2)18-7-10-37(12-17(18)27)22-20-16-6-5-15(42(39,40)35-26(13-30)8-9-26)11-19(16)38(23(20)32-14-31-22)25-34-33-24(41-25)21(28)29/h5-6,11,14,17-18,21,35H,3-4,7-10,12H2,1-2H3/t17-,18-/m0/s1. The van der Waals surface area contributed by atoms with Crippen molar-refractivity contribution in [1.29, 1.82) is 5.26 Å². The van der Waals surface area contributed by atoms with E-state index >= 15 is 4.39 Å². The summed E-state index contributed by atoms with van der Waals surface area (Å²) in [6.45, 7) is 6.12. The molecule has 0 bridgehead atoms. The lowest BCUT2D eigenvalue weighted by Gasteiger charge is -2.40. The van der Waals surface area contributed by atoms with Gasteiger partial charge in [-0.2, -0.15) is 9.98 Å². The van der Waals surface area contributed by atoms with Crippen LogP contribution in [0.2, 0.25) is 0 Å². The van der Waals surface area contributed by atoms with Gasteiger partial charge in [-0.05, 0) is 44.5 Å². The Morgan fingerprint density at radius 3 is 2.62 bits per heavy atom. The molecule has 0 amide bonds. The summed E-state index contributed by atoms with van der Waals surface area (Å²) in [5.41, 5.74) is -0.514. The Bertz CT molecular complexity index is 1800. The molecule has 42 heavy (non-hydrogen) atoms. The summed E-state index contributed by atoms with van der Waals surface area (Å²) < 4.78 is 72.9. The molecule has 1 saturated heterocycles. The van der Waals surface area contributed by atoms with Crippen molar-refractivity contribution in [1.82, 2.24) is 34.4 Å². The summed E-state index contributed by atoms with van der Waals surface area (Å²) in [4.78, 5) is 12.8. The lowest BCUT2D eigenvalue weighted by atomic mass is 10.0. The van der Waals surface area contributed by atoms with Gasteiger partial charge in [-0.3, -0.25) is 9.47 Å². The third-order valence-electron chi connectivity index (χ3n) is 8.00. The van der Waals surface area contributed by atoms with Crippen LogP contribution >= 0.6 is 11.3 Å². The number of anilines is 1. The number of hydrogen-bond acceptors (Lipinski definition) is 10. The molecule has 222 valence electrons. The monoisotopic (exact) mass is 619 g/mol. The van der Waals surface area contributed by atoms with Crippen LogP contribution in [0.1, 0.15) is 44.5 Å². The van der Waals surface area contributed by atoms with Gasteiger partial charge in [-0.25, -0.2) is 31.6 Å². The molecular weight excluding hydrogens is 591 g/mol. The van der Waals surface area contributed by atoms with Crippen molar-refractivity contribution in [2.75, 3.05) is 31.1 Å². The average Bonchev–Trinajstić information content (AvgIpc) is 3.41. The van der Waals surface area contributed by atoms with Crippen molar-refractivity contribution < 1.29 is 21.6 Å². The molecule has 1 N–H and O–H groups in total. The summed E-state index contributed by atoms with van der Waals surface area (Å²) in [5.74, 6) is 0.457. The minimum absolute atomic E-state index is 0.0664. The number of sulfonamides is 1. The van der Waals surface area contributed by atoms with E-state index in [1.54, 1.807) is 6.07 Å². The molecule has 11 nitrogen and oxygen atoms in total. The molecule has 0 spiro atoms. The molecule has 4 heterocycles. The second-order valence-corrected chi connectivity index (χ2v) is 13.1. The number of benzene rings is 1. The van der Waals surface area contributed by atoms with E-state index in [1.807, 2.05) is 24.8 Å². The van der Waals surface area contributed by atoms with Crippen LogP contribution in [0.25, 0.3) is 27.1 Å². The van der Waals surface area contributed by atoms with Gasteiger partial charge in [0.25, 0.3) is 6.43 Å². The van der Waals surface area contributed by atoms with Crippen LogP contribution in [0.3, 0.4) is 0 Å². The van der Waals surface area contributed by atoms with Crippen molar-refractivity contribution in [3.63, 3.8) is 0 Å². The molecule has 16 heteroatoms. The van der Waals surface area contributed by atoms with E-state index in [-0.39, 0.29) is 22.6 Å². The zero-order chi connectivity index (χ0) is 29.8. The quantitative estimate of drug-likeness (QED) is 0.296. The Kier molecular flexibility index (Phi) is 7.32. The van der Waals surface area contributed by atoms with Crippen LogP contribution in [0.5, 0.6) is 0 Å². The number of nitrogens with zero attached hydrogens (tertiary/aromatic N) is 8. The lowest BCUT2D eigenvalue weighted by molar-refractivity contribution is 0.102. The maximum atomic E-state index is 15.5. The molecule has 0 radical (unpaired) electrons. The van der Waals surface area contributed by atoms with E-state index < -0.39 is 33.2 Å². The summed E-state index contributed by atoms with van der Waals surface area (Å²) >= 11 is 0.659. The van der Waals surface area contributed by atoms with Gasteiger partial charge < -0.3 is 4.90 Å². The molecule has 2 atom stereocenters. The predicted octanol–water partition coefficient (Wildman–Crippen LogP) is 3.96. The fourth-order valence-electron chi connectivity index (χ4n) is 5.67. The highest BCUT2D eigenvalue weighted by Gasteiger charge is 2.47. The van der Waals surface area contributed by atoms with Gasteiger partial charge in [0.15, 0.2) is 10.7 Å². The molecule has 6 rings (SSSR count). The van der Waals surface area contributed by atoms with Crippen LogP contribution in [-0.4, -0.2) is 82.0 Å². The van der Waals surface area contributed by atoms with E-state index in [9.17, 15) is 22.5 Å². The first-order valence-corrected chi connectivity index (χ1v) is 15.9. The minimum atomic E-state index is -4.10. The first-order chi connectivity index (χ1) is 20.1. The van der Waals surface area contributed by atoms with E-state index in [0.29, 0.717) is 64.9 Å². The van der Waals surface area contributed by atoms with Crippen molar-refractivity contribution >= 4 is 49.1 Å². The Morgan fingerprint density at radius 2 is 2.00 bits per heavy atom. The summed E-state index contributed by atoms with van der Waals surface area (Å²) in [6, 6.07) is 6.19. The van der Waals surface area contributed by atoms with Gasteiger partial charge in [0.2, 0.25) is 15.2 Å². The SMILES string of the molecule is CCN(CC)[C@H]1CCN(c2ncnc3c2c2ccc(S(=O)(=O)NC4(C#N)CC4)cc2n3-c2nnc(C(F)F)s2)C[C@@H]1F. The maximum Gasteiger partial charge on any atom is 0.291 e. The molecule has 1 aromatic carbocycles. The van der Waals surface area contributed by atoms with Gasteiger partial charge in [0.05, 0.1) is 28.4 Å². The number of nitrogens with one attached hydrogen (secondary N) is 1. The van der Waals surface area contributed by atoms with Crippen LogP contribution < -0.4 is 9.62 Å². The zero-order valence-electron chi connectivity index (χ0n) is 22.8. The average molecular weight is 620 g/mol. The van der Waals surface area contributed by atoms with Crippen molar-refractivity contribution in [3.05, 3.63) is 29.5 Å². The Hall–Kier alpha value is -3.39. The number of halogens is 3. The number of fused-ring (bicyclic) bond motifs is 3. The van der Waals surface area contributed by atoms with Gasteiger partial charge in [0, 0.05) is 18.0 Å². The Labute approximate surface area is 244 Å². The van der Waals surface area contributed by atoms with Crippen LogP contribution in [0.15, 0.2) is 29.4 Å². The normalized spacial score (nSPS) is 20.6. The molecule has 4 aromatic rings. The zero-order valence-corrected chi connectivity index (χ0v) is 24.5. The number of rotatable bonds is 9. The number of hydrogen-bond donors (Lipinski definition) is 1. The second kappa shape index (κ2) is 10.7. The largest absolute Gasteiger partial charge is 0.353 e. The predicted molar refractivity (Wildman–Crippen MR) is 151 cm³/mol. The fraction of sp³-hybridized carbons (Fsp3) is 0.500. The van der Waals surface area contributed by atoms with Gasteiger partial charge in [-0.1, -0.05) is 31.3 Å². The molecule has 3 aromatic heterocycles. The highest BCUT2D eigenvalue weighted by atomic mass is 32.2. The van der Waals surface area contributed by atoms with Crippen LogP contribution in [-0.2, 0) is 10.0 Å². The van der Waals surface area contributed by atoms with E-state index in [0.717, 1.165) is 13.1 Å². The number of nitriles is 1. The Morgan fingerprint density at radius 1 is 1.24 bits per heavy atom. The first kappa shape index (κ1) is 28.7. The highest BCUT2D eigenvalue weighted by molar-refractivity contribution is 7.89. The van der Waals surface area contributed by atoms with E-state index in [1.165, 1.54) is 23.0 Å². The topological polar surface area (TPSA) is 133 Å². The molecule has 1 aliphatic heterocycles. The van der Waals surface area contributed by atoms with Gasteiger partial charge in [0.1, 0.15) is 23.9 Å². The molecular formula is C26H28F3N9O2S2. The minimum Gasteiger partial charge on any atom is -0.353 e. The summed E-state index contributed by atoms with van der Waals surface area (Å²) in [7, 11) is -4.10. The van der Waals surface area contributed by atoms with E-state index in [4.69, 9.17) is 0 Å². The third-order valence-corrected chi connectivity index (χ3v) is 10.4. The summed E-state index contributed by atoms with van der Waals surface area (Å²) in [6.07, 6.45) is -1.27. The van der Waals surface area contributed by atoms with Crippen molar-refractivity contribution in [2.24, 2.45) is 0 Å². The number of aromatic nitrogens is 5. The molecule has 1 aliphatic carbocycles. The lowest BCUT2D eigenvalue weighted by Crippen LogP contribution is -2.52. The van der Waals surface area contributed by atoms with Crippen LogP contribution in [0.4, 0.5) is 19.0 Å². The Balaban J connectivity index is 1.50. The molecule has 0 unspecified atom stereocenters. The fourth-order valence-corrected chi connectivity index (χ4v) is 7.78. The third kappa shape index (κ3) is 4.87. The maximum absolute atomic E-state index is 15.5. The van der Waals surface area contributed by atoms with Gasteiger partial charge >= 0.3 is 0 Å². The second-order valence-electron chi connectivity index (χ2n) is 10.5. The molecule has 2 fully saturated rings. The van der Waals surface area contributed by atoms with Crippen molar-refractivity contribution in [3.8, 4) is 11.2 Å². The van der Waals surface area contributed by atoms with Gasteiger partial charge in [-0.15, -0.1) is 10.2 Å². The van der Waals surface area contributed by atoms with Crippen LogP contribution in [0, 0.1) is 11.3 Å². The summed E-state index contributed by atoms with van der Waals surface area (Å²) in [5, 5.41) is 17.6. The first-order valence-electron chi connectivity index (χ1n) is 13.6. The highest BCUT2D eigenvalue weighted by Crippen LogP contribution is 2.40. The van der Waals surface area contributed by atoms with Crippen molar-refractivity contribution in [2.45, 2.75) is 62.2 Å².